The highest BCUT2D eigenvalue weighted by atomic mass is 19.4. The topological polar surface area (TPSA) is 69.9 Å². The van der Waals surface area contributed by atoms with Crippen LogP contribution in [0.2, 0.25) is 0 Å². The number of benzene rings is 2. The molecule has 3 N–H and O–H groups in total. The molecule has 1 saturated carbocycles. The standard InChI is InChI=1S/C22H21F5O4/c1-11-8-17(19(29)20(30)18(11)28)31-21-13(9-15(23)10-16(21)24)5-2-12-3-6-14(7-4-12)22(25,26)27/h2-7,9-11,17-20,28-30H,8H2,1H3/b5-2+/t11?,17?,18-,19+,20+/m1/s1. The van der Waals surface area contributed by atoms with Crippen molar-refractivity contribution in [1.29, 1.82) is 0 Å². The third kappa shape index (κ3) is 5.23. The molecule has 0 aromatic heterocycles. The smallest absolute Gasteiger partial charge is 0.416 e. The first-order chi connectivity index (χ1) is 14.5. The minimum Gasteiger partial charge on any atom is -0.484 e. The van der Waals surface area contributed by atoms with Crippen molar-refractivity contribution in [2.45, 2.75) is 43.9 Å². The van der Waals surface area contributed by atoms with Crippen LogP contribution in [0.4, 0.5) is 22.0 Å². The van der Waals surface area contributed by atoms with Gasteiger partial charge in [-0.2, -0.15) is 13.2 Å². The van der Waals surface area contributed by atoms with Crippen molar-refractivity contribution >= 4 is 12.2 Å². The number of alkyl halides is 3. The van der Waals surface area contributed by atoms with Gasteiger partial charge in [-0.3, -0.25) is 0 Å². The summed E-state index contributed by atoms with van der Waals surface area (Å²) in [6, 6.07) is 5.75. The van der Waals surface area contributed by atoms with Gasteiger partial charge in [0.25, 0.3) is 0 Å². The average molecular weight is 444 g/mol. The molecule has 9 heteroatoms. The van der Waals surface area contributed by atoms with Crippen LogP contribution in [0.1, 0.15) is 30.0 Å². The summed E-state index contributed by atoms with van der Waals surface area (Å²) in [5.41, 5.74) is -0.516. The van der Waals surface area contributed by atoms with Crippen molar-refractivity contribution in [1.82, 2.24) is 0 Å². The van der Waals surface area contributed by atoms with E-state index in [2.05, 4.69) is 0 Å². The third-order valence-electron chi connectivity index (χ3n) is 5.27. The van der Waals surface area contributed by atoms with E-state index < -0.39 is 53.7 Å². The van der Waals surface area contributed by atoms with Crippen LogP contribution in [-0.4, -0.2) is 39.7 Å². The third-order valence-corrected chi connectivity index (χ3v) is 5.27. The van der Waals surface area contributed by atoms with Crippen molar-refractivity contribution in [2.75, 3.05) is 0 Å². The van der Waals surface area contributed by atoms with E-state index in [-0.39, 0.29) is 17.7 Å². The molecule has 0 spiro atoms. The van der Waals surface area contributed by atoms with Gasteiger partial charge < -0.3 is 20.1 Å². The first-order valence-electron chi connectivity index (χ1n) is 9.52. The summed E-state index contributed by atoms with van der Waals surface area (Å²) in [5.74, 6) is -2.78. The van der Waals surface area contributed by atoms with Gasteiger partial charge in [-0.25, -0.2) is 8.78 Å². The van der Waals surface area contributed by atoms with E-state index in [1.165, 1.54) is 24.3 Å². The minimum atomic E-state index is -4.48. The van der Waals surface area contributed by atoms with Gasteiger partial charge in [-0.15, -0.1) is 0 Å². The van der Waals surface area contributed by atoms with Gasteiger partial charge >= 0.3 is 6.18 Å². The maximum absolute atomic E-state index is 14.5. The Balaban J connectivity index is 1.87. The number of ether oxygens (including phenoxy) is 1. The normalized spacial score (nSPS) is 26.9. The molecule has 0 amide bonds. The highest BCUT2D eigenvalue weighted by Gasteiger charge is 2.42. The Morgan fingerprint density at radius 2 is 1.58 bits per heavy atom. The quantitative estimate of drug-likeness (QED) is 0.492. The Labute approximate surface area is 175 Å². The predicted molar refractivity (Wildman–Crippen MR) is 103 cm³/mol. The summed E-state index contributed by atoms with van der Waals surface area (Å²) in [7, 11) is 0. The molecule has 168 valence electrons. The van der Waals surface area contributed by atoms with Gasteiger partial charge in [-0.05, 0) is 36.1 Å². The second-order valence-electron chi connectivity index (χ2n) is 7.60. The number of hydrogen-bond donors (Lipinski definition) is 3. The largest absolute Gasteiger partial charge is 0.484 e. The van der Waals surface area contributed by atoms with Crippen molar-refractivity contribution in [2.24, 2.45) is 5.92 Å². The highest BCUT2D eigenvalue weighted by molar-refractivity contribution is 5.72. The van der Waals surface area contributed by atoms with Crippen molar-refractivity contribution < 1.29 is 42.0 Å². The number of hydrogen-bond acceptors (Lipinski definition) is 4. The van der Waals surface area contributed by atoms with Crippen LogP contribution in [-0.2, 0) is 6.18 Å². The molecule has 2 unspecified atom stereocenters. The van der Waals surface area contributed by atoms with Crippen LogP contribution in [0.5, 0.6) is 5.75 Å². The molecule has 0 saturated heterocycles. The molecule has 0 radical (unpaired) electrons. The summed E-state index contributed by atoms with van der Waals surface area (Å²) in [6.45, 7) is 1.63. The van der Waals surface area contributed by atoms with Gasteiger partial charge in [0, 0.05) is 11.6 Å². The molecule has 31 heavy (non-hydrogen) atoms. The van der Waals surface area contributed by atoms with E-state index >= 15 is 0 Å². The average Bonchev–Trinajstić information content (AvgIpc) is 2.70. The molecular weight excluding hydrogens is 423 g/mol. The number of halogens is 5. The van der Waals surface area contributed by atoms with Crippen molar-refractivity contribution in [3.63, 3.8) is 0 Å². The van der Waals surface area contributed by atoms with Crippen LogP contribution in [0.25, 0.3) is 12.2 Å². The first-order valence-corrected chi connectivity index (χ1v) is 9.52. The number of aliphatic hydroxyl groups excluding tert-OH is 3. The van der Waals surface area contributed by atoms with E-state index in [9.17, 15) is 37.3 Å². The van der Waals surface area contributed by atoms with Gasteiger partial charge in [0.1, 0.15) is 24.1 Å². The summed E-state index contributed by atoms with van der Waals surface area (Å²) in [5, 5.41) is 30.0. The second-order valence-corrected chi connectivity index (χ2v) is 7.60. The number of aliphatic hydroxyl groups is 3. The molecule has 2 aromatic rings. The molecule has 1 aliphatic rings. The van der Waals surface area contributed by atoms with Gasteiger partial charge in [0.2, 0.25) is 0 Å². The SMILES string of the molecule is CC1CC(Oc2c(F)cc(F)cc2/C=C/c2ccc(C(F)(F)F)cc2)[C@H](O)[C@@H](O)[C@@H]1O. The maximum atomic E-state index is 14.5. The van der Waals surface area contributed by atoms with Crippen LogP contribution >= 0.6 is 0 Å². The molecule has 3 rings (SSSR count). The van der Waals surface area contributed by atoms with Gasteiger partial charge in [0.15, 0.2) is 11.6 Å². The van der Waals surface area contributed by atoms with E-state index in [1.54, 1.807) is 6.92 Å². The van der Waals surface area contributed by atoms with Crippen LogP contribution in [0, 0.1) is 17.6 Å². The van der Waals surface area contributed by atoms with Crippen molar-refractivity contribution in [3.05, 3.63) is 64.7 Å². The number of rotatable bonds is 4. The maximum Gasteiger partial charge on any atom is 0.416 e. The molecular formula is C22H21F5O4. The highest BCUT2D eigenvalue weighted by Crippen LogP contribution is 2.33. The Hall–Kier alpha value is -2.49. The lowest BCUT2D eigenvalue weighted by Crippen LogP contribution is -2.54. The van der Waals surface area contributed by atoms with Crippen molar-refractivity contribution in [3.8, 4) is 5.75 Å². The van der Waals surface area contributed by atoms with Crippen LogP contribution in [0.3, 0.4) is 0 Å². The van der Waals surface area contributed by atoms with E-state index in [0.29, 0.717) is 11.6 Å². The summed E-state index contributed by atoms with van der Waals surface area (Å²) < 4.78 is 71.8. The van der Waals surface area contributed by atoms with Crippen LogP contribution in [0.15, 0.2) is 36.4 Å². The lowest BCUT2D eigenvalue weighted by molar-refractivity contribution is -0.148. The lowest BCUT2D eigenvalue weighted by Gasteiger charge is -2.39. The fourth-order valence-corrected chi connectivity index (χ4v) is 3.47. The molecule has 2 aromatic carbocycles. The Morgan fingerprint density at radius 1 is 0.935 bits per heavy atom. The first kappa shape index (κ1) is 23.2. The molecule has 0 heterocycles. The zero-order valence-corrected chi connectivity index (χ0v) is 16.4. The molecule has 1 fully saturated rings. The molecule has 0 aliphatic heterocycles. The summed E-state index contributed by atoms with van der Waals surface area (Å²) in [6.07, 6.45) is -6.97. The Morgan fingerprint density at radius 3 is 2.19 bits per heavy atom. The Bertz CT molecular complexity index is 942. The zero-order chi connectivity index (χ0) is 22.9. The molecule has 1 aliphatic carbocycles. The van der Waals surface area contributed by atoms with E-state index in [1.807, 2.05) is 0 Å². The van der Waals surface area contributed by atoms with E-state index in [0.717, 1.165) is 18.2 Å². The Kier molecular flexibility index (Phi) is 6.68. The molecule has 0 bridgehead atoms. The fourth-order valence-electron chi connectivity index (χ4n) is 3.47. The molecule has 4 nitrogen and oxygen atoms in total. The minimum absolute atomic E-state index is 0.0436. The van der Waals surface area contributed by atoms with Gasteiger partial charge in [0.05, 0.1) is 11.7 Å². The zero-order valence-electron chi connectivity index (χ0n) is 16.4. The second kappa shape index (κ2) is 8.94. The summed E-state index contributed by atoms with van der Waals surface area (Å²) in [4.78, 5) is 0. The summed E-state index contributed by atoms with van der Waals surface area (Å²) >= 11 is 0. The lowest BCUT2D eigenvalue weighted by atomic mass is 9.82. The predicted octanol–water partition coefficient (Wildman–Crippen LogP) is 4.02. The van der Waals surface area contributed by atoms with E-state index in [4.69, 9.17) is 4.74 Å². The monoisotopic (exact) mass is 444 g/mol. The van der Waals surface area contributed by atoms with Gasteiger partial charge in [-0.1, -0.05) is 31.2 Å². The molecule has 5 atom stereocenters. The van der Waals surface area contributed by atoms with Crippen LogP contribution < -0.4 is 4.74 Å². The fraction of sp³-hybridized carbons (Fsp3) is 0.364.